The number of hydrogen-bond donors (Lipinski definition) is 1. The average molecular weight is 544 g/mol. The Morgan fingerprint density at radius 1 is 1.07 bits per heavy atom. The smallest absolute Gasteiger partial charge is 0.238 e. The van der Waals surface area contributed by atoms with Crippen molar-refractivity contribution in [2.75, 3.05) is 0 Å². The van der Waals surface area contributed by atoms with Crippen LogP contribution in [0.4, 0.5) is 0 Å². The van der Waals surface area contributed by atoms with Crippen molar-refractivity contribution in [1.29, 1.82) is 5.26 Å². The highest BCUT2D eigenvalue weighted by Crippen LogP contribution is 2.74. The summed E-state index contributed by atoms with van der Waals surface area (Å²) in [6, 6.07) is 2.28. The molecule has 0 aromatic carbocycles. The molecule has 40 heavy (non-hydrogen) atoms. The molecule has 5 aliphatic rings. The lowest BCUT2D eigenvalue weighted by Crippen LogP contribution is -2.66. The quantitative estimate of drug-likeness (QED) is 0.434. The zero-order chi connectivity index (χ0) is 29.1. The first kappa shape index (κ1) is 27.6. The van der Waals surface area contributed by atoms with Gasteiger partial charge in [0.05, 0.1) is 23.2 Å². The molecule has 8 unspecified atom stereocenters. The van der Waals surface area contributed by atoms with Crippen LogP contribution >= 0.6 is 0 Å². The third-order valence-electron chi connectivity index (χ3n) is 13.2. The first-order chi connectivity index (χ1) is 18.6. The molecule has 6 nitrogen and oxygen atoms in total. The number of hydrogen-bond acceptors (Lipinski definition) is 5. The minimum atomic E-state index is -0.808. The summed E-state index contributed by atoms with van der Waals surface area (Å²) < 4.78 is 1.65. The Hall–Kier alpha value is -2.52. The summed E-state index contributed by atoms with van der Waals surface area (Å²) in [5.41, 5.74) is -0.486. The molecule has 0 amide bonds. The van der Waals surface area contributed by atoms with Crippen LogP contribution in [0.3, 0.4) is 0 Å². The molecule has 1 aromatic rings. The fourth-order valence-corrected chi connectivity index (χ4v) is 10.8. The van der Waals surface area contributed by atoms with Gasteiger partial charge < -0.3 is 5.11 Å². The highest BCUT2D eigenvalue weighted by atomic mass is 16.3. The monoisotopic (exact) mass is 543 g/mol. The van der Waals surface area contributed by atoms with Gasteiger partial charge in [-0.3, -0.25) is 14.2 Å². The minimum absolute atomic E-state index is 0.0348. The summed E-state index contributed by atoms with van der Waals surface area (Å²) in [5, 5.41) is 21.1. The van der Waals surface area contributed by atoms with Crippen LogP contribution in [0.5, 0.6) is 0 Å². The molecule has 0 spiro atoms. The molecule has 1 aromatic heterocycles. The maximum absolute atomic E-state index is 14.6. The lowest BCUT2D eigenvalue weighted by molar-refractivity contribution is -0.165. The fraction of sp³-hybridized carbons (Fsp3) is 0.706. The van der Waals surface area contributed by atoms with Gasteiger partial charge in [-0.05, 0) is 84.5 Å². The van der Waals surface area contributed by atoms with Gasteiger partial charge in [0, 0.05) is 23.7 Å². The van der Waals surface area contributed by atoms with Crippen molar-refractivity contribution < 1.29 is 14.7 Å². The van der Waals surface area contributed by atoms with Gasteiger partial charge in [0.25, 0.3) is 0 Å². The standard InChI is InChI=1S/C34H45N3O3/c1-29(2)10-12-34(28(40)37-15-14-36-20-37)13-11-33(7)26(22(34)18-29)23(38)16-25-31(5)17-21(19-35)27(39)30(3,4)24(31)8-9-32(25,33)6/h14-17,20,22,24,26-27,39H,8-13,18H2,1-7H3. The number of ketones is 1. The Labute approximate surface area is 238 Å². The molecular weight excluding hydrogens is 498 g/mol. The topological polar surface area (TPSA) is 96.0 Å². The summed E-state index contributed by atoms with van der Waals surface area (Å²) in [7, 11) is 0. The van der Waals surface area contributed by atoms with Crippen molar-refractivity contribution in [2.24, 2.45) is 50.2 Å². The maximum atomic E-state index is 14.6. The van der Waals surface area contributed by atoms with E-state index in [2.05, 4.69) is 59.5 Å². The molecule has 0 bridgehead atoms. The van der Waals surface area contributed by atoms with Gasteiger partial charge >= 0.3 is 0 Å². The summed E-state index contributed by atoms with van der Waals surface area (Å²) in [4.78, 5) is 33.0. The van der Waals surface area contributed by atoms with Gasteiger partial charge in [0.1, 0.15) is 6.33 Å². The van der Waals surface area contributed by atoms with E-state index < -0.39 is 22.3 Å². The number of fused-ring (bicyclic) bond motifs is 7. The third kappa shape index (κ3) is 3.28. The van der Waals surface area contributed by atoms with Crippen LogP contribution < -0.4 is 0 Å². The van der Waals surface area contributed by atoms with Crippen molar-refractivity contribution in [3.8, 4) is 6.07 Å². The maximum Gasteiger partial charge on any atom is 0.238 e. The summed E-state index contributed by atoms with van der Waals surface area (Å²) >= 11 is 0. The van der Waals surface area contributed by atoms with Crippen LogP contribution in [-0.2, 0) is 4.79 Å². The largest absolute Gasteiger partial charge is 0.387 e. The molecule has 8 atom stereocenters. The Morgan fingerprint density at radius 2 is 1.77 bits per heavy atom. The van der Waals surface area contributed by atoms with E-state index in [-0.39, 0.29) is 45.7 Å². The van der Waals surface area contributed by atoms with Gasteiger partial charge in [-0.15, -0.1) is 0 Å². The second-order valence-corrected chi connectivity index (χ2v) is 15.9. The number of aliphatic hydroxyl groups is 1. The van der Waals surface area contributed by atoms with Crippen molar-refractivity contribution in [1.82, 2.24) is 9.55 Å². The fourth-order valence-electron chi connectivity index (χ4n) is 10.8. The number of nitrogens with zero attached hydrogens (tertiary/aromatic N) is 3. The zero-order valence-corrected chi connectivity index (χ0v) is 25.3. The Bertz CT molecular complexity index is 1380. The average Bonchev–Trinajstić information content (AvgIpc) is 3.42. The predicted octanol–water partition coefficient (Wildman–Crippen LogP) is 6.53. The predicted molar refractivity (Wildman–Crippen MR) is 153 cm³/mol. The normalized spacial score (nSPS) is 45.0. The summed E-state index contributed by atoms with van der Waals surface area (Å²) in [6.45, 7) is 15.6. The second-order valence-electron chi connectivity index (χ2n) is 15.9. The highest BCUT2D eigenvalue weighted by molar-refractivity contribution is 5.97. The number of rotatable bonds is 1. The van der Waals surface area contributed by atoms with Gasteiger partial charge in [0.15, 0.2) is 5.78 Å². The number of aliphatic hydroxyl groups excluding tert-OH is 1. The molecule has 3 saturated carbocycles. The number of imidazole rings is 1. The van der Waals surface area contributed by atoms with E-state index in [1.54, 1.807) is 23.3 Å². The lowest BCUT2D eigenvalue weighted by Gasteiger charge is -2.69. The van der Waals surface area contributed by atoms with E-state index in [0.29, 0.717) is 5.57 Å². The van der Waals surface area contributed by atoms with Gasteiger partial charge in [-0.2, -0.15) is 5.26 Å². The summed E-state index contributed by atoms with van der Waals surface area (Å²) in [6.07, 6.45) is 14.2. The van der Waals surface area contributed by atoms with Crippen molar-refractivity contribution >= 4 is 11.7 Å². The van der Waals surface area contributed by atoms with Gasteiger partial charge in [0.2, 0.25) is 5.91 Å². The first-order valence-electron chi connectivity index (χ1n) is 15.2. The van der Waals surface area contributed by atoms with E-state index in [4.69, 9.17) is 0 Å². The molecule has 5 aliphatic carbocycles. The Morgan fingerprint density at radius 3 is 2.42 bits per heavy atom. The SMILES string of the molecule is CC1(C)CCC2(C(=O)n3ccnc3)CCC3(C)C(C(=O)C=C4C5(C)C=C(C#N)C(O)C(C)(C)C5CCC43C)C2C1. The van der Waals surface area contributed by atoms with Crippen LogP contribution in [0.25, 0.3) is 0 Å². The molecule has 1 N–H and O–H groups in total. The number of carbonyl (C=O) groups is 2. The summed E-state index contributed by atoms with van der Waals surface area (Å²) in [5.74, 6) is 0.105. The van der Waals surface area contributed by atoms with Gasteiger partial charge in [-0.1, -0.05) is 60.1 Å². The number of allylic oxidation sites excluding steroid dienone is 3. The van der Waals surface area contributed by atoms with E-state index in [0.717, 1.165) is 50.5 Å². The second kappa shape index (κ2) is 8.28. The molecule has 0 aliphatic heterocycles. The molecular formula is C34H45N3O3. The van der Waals surface area contributed by atoms with E-state index in [1.807, 2.05) is 12.2 Å². The van der Waals surface area contributed by atoms with Crippen molar-refractivity contribution in [2.45, 2.75) is 99.5 Å². The van der Waals surface area contributed by atoms with Crippen molar-refractivity contribution in [3.05, 3.63) is 42.0 Å². The van der Waals surface area contributed by atoms with Crippen LogP contribution in [0, 0.1) is 61.6 Å². The highest BCUT2D eigenvalue weighted by Gasteiger charge is 2.70. The zero-order valence-electron chi connectivity index (χ0n) is 25.3. The molecule has 0 saturated heterocycles. The van der Waals surface area contributed by atoms with E-state index >= 15 is 0 Å². The molecule has 6 rings (SSSR count). The first-order valence-corrected chi connectivity index (χ1v) is 15.2. The van der Waals surface area contributed by atoms with E-state index in [9.17, 15) is 20.0 Å². The minimum Gasteiger partial charge on any atom is -0.387 e. The molecule has 1 heterocycles. The number of aromatic nitrogens is 2. The van der Waals surface area contributed by atoms with Crippen LogP contribution in [0.15, 0.2) is 42.0 Å². The number of nitriles is 1. The Kier molecular flexibility index (Phi) is 5.72. The lowest BCUT2D eigenvalue weighted by atomic mass is 9.34. The van der Waals surface area contributed by atoms with Crippen LogP contribution in [-0.4, -0.2) is 32.5 Å². The number of carbonyl (C=O) groups excluding carboxylic acids is 2. The van der Waals surface area contributed by atoms with Crippen molar-refractivity contribution in [3.63, 3.8) is 0 Å². The third-order valence-corrected chi connectivity index (χ3v) is 13.2. The van der Waals surface area contributed by atoms with Crippen LogP contribution in [0.1, 0.15) is 98.2 Å². The molecule has 3 fully saturated rings. The molecule has 6 heteroatoms. The van der Waals surface area contributed by atoms with Crippen LogP contribution in [0.2, 0.25) is 0 Å². The molecule has 0 radical (unpaired) electrons. The molecule has 214 valence electrons. The van der Waals surface area contributed by atoms with Gasteiger partial charge in [-0.25, -0.2) is 4.98 Å². The Balaban J connectivity index is 1.52. The van der Waals surface area contributed by atoms with E-state index in [1.165, 1.54) is 0 Å².